The summed E-state index contributed by atoms with van der Waals surface area (Å²) in [6.07, 6.45) is 1.16. The number of carbonyl (C=O) groups excluding carboxylic acids is 1. The minimum absolute atomic E-state index is 0.00478. The molecule has 0 aromatic heterocycles. The first kappa shape index (κ1) is 16.1. The average Bonchev–Trinajstić information content (AvgIpc) is 3.10. The van der Waals surface area contributed by atoms with Crippen LogP contribution in [-0.2, 0) is 6.54 Å². The fourth-order valence-corrected chi connectivity index (χ4v) is 3.20. The minimum Gasteiger partial charge on any atom is -0.334 e. The van der Waals surface area contributed by atoms with Crippen LogP contribution in [0.15, 0.2) is 18.2 Å². The smallest absolute Gasteiger partial charge is 0.317 e. The molecule has 5 nitrogen and oxygen atoms in total. The normalized spacial score (nSPS) is 22.3. The van der Waals surface area contributed by atoms with Crippen LogP contribution in [0.3, 0.4) is 0 Å². The predicted molar refractivity (Wildman–Crippen MR) is 83.0 cm³/mol. The van der Waals surface area contributed by atoms with Crippen LogP contribution in [0.25, 0.3) is 0 Å². The van der Waals surface area contributed by atoms with Crippen LogP contribution in [0.5, 0.6) is 0 Å². The first-order valence-electron chi connectivity index (χ1n) is 8.05. The lowest BCUT2D eigenvalue weighted by Crippen LogP contribution is -2.54. The molecule has 2 fully saturated rings. The van der Waals surface area contributed by atoms with Gasteiger partial charge in [-0.25, -0.2) is 13.6 Å². The molecule has 2 N–H and O–H groups in total. The molecule has 1 aromatic rings. The number of hydrogen-bond acceptors (Lipinski definition) is 3. The van der Waals surface area contributed by atoms with Crippen molar-refractivity contribution in [3.8, 4) is 0 Å². The zero-order valence-electron chi connectivity index (χ0n) is 13.0. The first-order valence-corrected chi connectivity index (χ1v) is 8.05. The third-order valence-corrected chi connectivity index (χ3v) is 4.59. The van der Waals surface area contributed by atoms with Gasteiger partial charge in [0.05, 0.1) is 0 Å². The van der Waals surface area contributed by atoms with Crippen molar-refractivity contribution in [3.05, 3.63) is 35.4 Å². The molecule has 2 saturated heterocycles. The van der Waals surface area contributed by atoms with E-state index in [1.54, 1.807) is 4.90 Å². The summed E-state index contributed by atoms with van der Waals surface area (Å²) in [5.74, 6) is -1.01. The molecule has 2 aliphatic heterocycles. The van der Waals surface area contributed by atoms with Crippen molar-refractivity contribution < 1.29 is 13.6 Å². The molecule has 0 aliphatic carbocycles. The monoisotopic (exact) mass is 324 g/mol. The van der Waals surface area contributed by atoms with Gasteiger partial charge in [0.25, 0.3) is 0 Å². The Morgan fingerprint density at radius 2 is 2.04 bits per heavy atom. The van der Waals surface area contributed by atoms with Crippen LogP contribution >= 0.6 is 0 Å². The maximum atomic E-state index is 13.5. The summed E-state index contributed by atoms with van der Waals surface area (Å²) in [5.41, 5.74) is 0.161. The van der Waals surface area contributed by atoms with Crippen LogP contribution in [0.2, 0.25) is 0 Å². The Balaban J connectivity index is 1.47. The quantitative estimate of drug-likeness (QED) is 0.877. The lowest BCUT2D eigenvalue weighted by Gasteiger charge is -2.37. The third kappa shape index (κ3) is 3.97. The Kier molecular flexibility index (Phi) is 5.07. The van der Waals surface area contributed by atoms with Gasteiger partial charge < -0.3 is 15.5 Å². The molecule has 7 heteroatoms. The van der Waals surface area contributed by atoms with Crippen molar-refractivity contribution >= 4 is 6.03 Å². The molecular weight excluding hydrogens is 302 g/mol. The number of piperazine rings is 1. The van der Waals surface area contributed by atoms with Crippen molar-refractivity contribution in [1.82, 2.24) is 20.4 Å². The second kappa shape index (κ2) is 7.23. The van der Waals surface area contributed by atoms with E-state index in [4.69, 9.17) is 0 Å². The molecule has 1 aromatic carbocycles. The highest BCUT2D eigenvalue weighted by Gasteiger charge is 2.27. The van der Waals surface area contributed by atoms with E-state index in [1.807, 2.05) is 0 Å². The second-order valence-corrected chi connectivity index (χ2v) is 6.06. The van der Waals surface area contributed by atoms with Crippen LogP contribution in [0.4, 0.5) is 13.6 Å². The van der Waals surface area contributed by atoms with E-state index in [-0.39, 0.29) is 18.1 Å². The summed E-state index contributed by atoms with van der Waals surface area (Å²) in [4.78, 5) is 16.3. The Morgan fingerprint density at radius 3 is 2.74 bits per heavy atom. The Hall–Kier alpha value is -1.73. The van der Waals surface area contributed by atoms with E-state index in [1.165, 1.54) is 0 Å². The fourth-order valence-electron chi connectivity index (χ4n) is 3.20. The summed E-state index contributed by atoms with van der Waals surface area (Å²) in [5, 5.41) is 6.02. The number of amides is 2. The molecule has 2 heterocycles. The second-order valence-electron chi connectivity index (χ2n) is 6.06. The molecule has 3 rings (SSSR count). The highest BCUT2D eigenvalue weighted by Crippen LogP contribution is 2.13. The van der Waals surface area contributed by atoms with E-state index in [2.05, 4.69) is 15.5 Å². The van der Waals surface area contributed by atoms with Gasteiger partial charge in [0.2, 0.25) is 0 Å². The van der Waals surface area contributed by atoms with Gasteiger partial charge in [-0.1, -0.05) is 0 Å². The SMILES string of the molecule is O=C(NCc1cc(F)ccc1F)N1CCN(C2CCNC2)CC1. The maximum Gasteiger partial charge on any atom is 0.317 e. The molecule has 0 bridgehead atoms. The van der Waals surface area contributed by atoms with Crippen LogP contribution in [0.1, 0.15) is 12.0 Å². The van der Waals surface area contributed by atoms with Crippen molar-refractivity contribution in [2.45, 2.75) is 19.0 Å². The summed E-state index contributed by atoms with van der Waals surface area (Å²) < 4.78 is 26.7. The number of urea groups is 1. The molecule has 126 valence electrons. The number of nitrogens with one attached hydrogen (secondary N) is 2. The van der Waals surface area contributed by atoms with Crippen molar-refractivity contribution in [1.29, 1.82) is 0 Å². The van der Waals surface area contributed by atoms with Gasteiger partial charge in [-0.15, -0.1) is 0 Å². The number of nitrogens with zero attached hydrogens (tertiary/aromatic N) is 2. The standard InChI is InChI=1S/C16H22F2N4O/c17-13-1-2-15(18)12(9-13)10-20-16(23)22-7-5-21(6-8-22)14-3-4-19-11-14/h1-2,9,14,19H,3-8,10-11H2,(H,20,23). The zero-order valence-corrected chi connectivity index (χ0v) is 13.0. The predicted octanol–water partition coefficient (Wildman–Crippen LogP) is 1.15. The number of hydrogen-bond donors (Lipinski definition) is 2. The number of rotatable bonds is 3. The summed E-state index contributed by atoms with van der Waals surface area (Å²) in [7, 11) is 0. The van der Waals surface area contributed by atoms with E-state index in [0.717, 1.165) is 50.8 Å². The number of benzene rings is 1. The molecular formula is C16H22F2N4O. The lowest BCUT2D eigenvalue weighted by atomic mass is 10.2. The molecule has 0 radical (unpaired) electrons. The molecule has 2 aliphatic rings. The molecule has 0 spiro atoms. The number of halogens is 2. The minimum atomic E-state index is -0.509. The van der Waals surface area contributed by atoms with Crippen molar-refractivity contribution in [2.75, 3.05) is 39.3 Å². The maximum absolute atomic E-state index is 13.5. The highest BCUT2D eigenvalue weighted by atomic mass is 19.1. The topological polar surface area (TPSA) is 47.6 Å². The molecule has 1 unspecified atom stereocenters. The first-order chi connectivity index (χ1) is 11.1. The van der Waals surface area contributed by atoms with Crippen molar-refractivity contribution in [3.63, 3.8) is 0 Å². The average molecular weight is 324 g/mol. The Bertz CT molecular complexity index is 555. The van der Waals surface area contributed by atoms with E-state index in [0.29, 0.717) is 19.1 Å². The molecule has 2 amide bonds. The zero-order chi connectivity index (χ0) is 16.2. The van der Waals surface area contributed by atoms with Gasteiger partial charge in [0.1, 0.15) is 11.6 Å². The summed E-state index contributed by atoms with van der Waals surface area (Å²) in [6, 6.07) is 3.60. The van der Waals surface area contributed by atoms with Gasteiger partial charge >= 0.3 is 6.03 Å². The van der Waals surface area contributed by atoms with E-state index >= 15 is 0 Å². The fraction of sp³-hybridized carbons (Fsp3) is 0.562. The molecule has 0 saturated carbocycles. The third-order valence-electron chi connectivity index (χ3n) is 4.59. The van der Waals surface area contributed by atoms with Gasteiger partial charge in [-0.3, -0.25) is 4.90 Å². The van der Waals surface area contributed by atoms with Gasteiger partial charge in [-0.05, 0) is 31.2 Å². The van der Waals surface area contributed by atoms with Crippen LogP contribution in [-0.4, -0.2) is 61.1 Å². The van der Waals surface area contributed by atoms with Gasteiger partial charge in [0, 0.05) is 50.9 Å². The van der Waals surface area contributed by atoms with Gasteiger partial charge in [-0.2, -0.15) is 0 Å². The summed E-state index contributed by atoms with van der Waals surface area (Å²) in [6.45, 7) is 5.11. The molecule has 1 atom stereocenters. The number of carbonyl (C=O) groups is 1. The highest BCUT2D eigenvalue weighted by molar-refractivity contribution is 5.74. The largest absolute Gasteiger partial charge is 0.334 e. The van der Waals surface area contributed by atoms with Crippen LogP contribution < -0.4 is 10.6 Å². The summed E-state index contributed by atoms with van der Waals surface area (Å²) >= 11 is 0. The Morgan fingerprint density at radius 1 is 1.26 bits per heavy atom. The van der Waals surface area contributed by atoms with E-state index in [9.17, 15) is 13.6 Å². The Labute approximate surface area is 134 Å². The van der Waals surface area contributed by atoms with Gasteiger partial charge in [0.15, 0.2) is 0 Å². The van der Waals surface area contributed by atoms with Crippen molar-refractivity contribution in [2.24, 2.45) is 0 Å². The molecule has 23 heavy (non-hydrogen) atoms. The lowest BCUT2D eigenvalue weighted by molar-refractivity contribution is 0.114. The van der Waals surface area contributed by atoms with Crippen LogP contribution in [0, 0.1) is 11.6 Å². The van der Waals surface area contributed by atoms with E-state index < -0.39 is 11.6 Å².